The van der Waals surface area contributed by atoms with Crippen LogP contribution in [0.1, 0.15) is 37.7 Å². The molecule has 32 heavy (non-hydrogen) atoms. The first-order chi connectivity index (χ1) is 15.7. The minimum Gasteiger partial charge on any atom is -0.497 e. The van der Waals surface area contributed by atoms with E-state index in [1.54, 1.807) is 7.11 Å². The molecular weight excluding hydrogens is 401 g/mol. The number of benzene rings is 2. The summed E-state index contributed by atoms with van der Waals surface area (Å²) in [4.78, 5) is 7.58. The van der Waals surface area contributed by atoms with Gasteiger partial charge >= 0.3 is 0 Å². The molecule has 0 unspecified atom stereocenters. The molecule has 2 saturated heterocycles. The van der Waals surface area contributed by atoms with Crippen LogP contribution >= 0.6 is 0 Å². The smallest absolute Gasteiger partial charge is 0.125 e. The Labute approximate surface area is 189 Å². The predicted octanol–water partition coefficient (Wildman–Crippen LogP) is 5.40. The van der Waals surface area contributed by atoms with Crippen LogP contribution in [0.2, 0.25) is 0 Å². The highest BCUT2D eigenvalue weighted by Gasteiger charge is 2.32. The van der Waals surface area contributed by atoms with Gasteiger partial charge in [-0.05, 0) is 87.1 Å². The quantitative estimate of drug-likeness (QED) is 0.565. The van der Waals surface area contributed by atoms with Gasteiger partial charge in [0.2, 0.25) is 0 Å². The Morgan fingerprint density at radius 1 is 1.06 bits per heavy atom. The SMILES string of the molecule is COc1cccc(-c2nc3cc(F)ccc3cc2CNC[C@@H]2CCCN3CCCC[C@H]23)c1. The van der Waals surface area contributed by atoms with Gasteiger partial charge in [-0.1, -0.05) is 18.6 Å². The lowest BCUT2D eigenvalue weighted by Gasteiger charge is -2.44. The van der Waals surface area contributed by atoms with E-state index in [2.05, 4.69) is 16.3 Å². The lowest BCUT2D eigenvalue weighted by atomic mass is 9.83. The number of pyridine rings is 1. The molecule has 0 amide bonds. The van der Waals surface area contributed by atoms with Crippen LogP contribution in [-0.2, 0) is 6.54 Å². The molecule has 2 fully saturated rings. The molecule has 168 valence electrons. The first-order valence-electron chi connectivity index (χ1n) is 11.9. The van der Waals surface area contributed by atoms with E-state index in [0.29, 0.717) is 11.4 Å². The normalized spacial score (nSPS) is 21.4. The van der Waals surface area contributed by atoms with E-state index in [9.17, 15) is 4.39 Å². The van der Waals surface area contributed by atoms with E-state index < -0.39 is 0 Å². The maximum atomic E-state index is 13.9. The van der Waals surface area contributed by atoms with Gasteiger partial charge in [-0.3, -0.25) is 0 Å². The van der Waals surface area contributed by atoms with Gasteiger partial charge in [0.15, 0.2) is 0 Å². The number of hydrogen-bond donors (Lipinski definition) is 1. The van der Waals surface area contributed by atoms with E-state index in [-0.39, 0.29) is 5.82 Å². The third-order valence-electron chi connectivity index (χ3n) is 7.15. The molecule has 3 heterocycles. The molecule has 4 nitrogen and oxygen atoms in total. The minimum absolute atomic E-state index is 0.262. The monoisotopic (exact) mass is 433 g/mol. The maximum Gasteiger partial charge on any atom is 0.125 e. The molecule has 0 spiro atoms. The molecule has 2 atom stereocenters. The Bertz CT molecular complexity index is 1080. The minimum atomic E-state index is -0.262. The van der Waals surface area contributed by atoms with E-state index in [1.807, 2.05) is 30.3 Å². The van der Waals surface area contributed by atoms with Crippen LogP contribution in [-0.4, -0.2) is 42.7 Å². The second kappa shape index (κ2) is 9.55. The van der Waals surface area contributed by atoms with Crippen molar-refractivity contribution in [3.63, 3.8) is 0 Å². The maximum absolute atomic E-state index is 13.9. The molecule has 1 aromatic heterocycles. The zero-order chi connectivity index (χ0) is 21.9. The van der Waals surface area contributed by atoms with Crippen molar-refractivity contribution < 1.29 is 9.13 Å². The van der Waals surface area contributed by atoms with Crippen molar-refractivity contribution in [2.45, 2.75) is 44.7 Å². The van der Waals surface area contributed by atoms with Gasteiger partial charge in [0.05, 0.1) is 18.3 Å². The summed E-state index contributed by atoms with van der Waals surface area (Å²) in [5.41, 5.74) is 3.69. The molecule has 2 aliphatic heterocycles. The number of hydrogen-bond acceptors (Lipinski definition) is 4. The van der Waals surface area contributed by atoms with Crippen molar-refractivity contribution >= 4 is 10.9 Å². The van der Waals surface area contributed by atoms with Gasteiger partial charge < -0.3 is 15.0 Å². The number of aromatic nitrogens is 1. The van der Waals surface area contributed by atoms with Crippen LogP contribution in [0.4, 0.5) is 4.39 Å². The fourth-order valence-electron chi connectivity index (χ4n) is 5.55. The van der Waals surface area contributed by atoms with E-state index in [4.69, 9.17) is 9.72 Å². The fraction of sp³-hybridized carbons (Fsp3) is 0.444. The molecular formula is C27H32FN3O. The zero-order valence-corrected chi connectivity index (χ0v) is 18.8. The topological polar surface area (TPSA) is 37.4 Å². The average Bonchev–Trinajstić information content (AvgIpc) is 2.84. The highest BCUT2D eigenvalue weighted by molar-refractivity contribution is 5.83. The molecule has 5 heteroatoms. The van der Waals surface area contributed by atoms with Gasteiger partial charge in [0.1, 0.15) is 11.6 Å². The number of nitrogens with zero attached hydrogens (tertiary/aromatic N) is 2. The highest BCUT2D eigenvalue weighted by atomic mass is 19.1. The van der Waals surface area contributed by atoms with Crippen molar-refractivity contribution in [1.82, 2.24) is 15.2 Å². The van der Waals surface area contributed by atoms with Crippen LogP contribution in [0.3, 0.4) is 0 Å². The molecule has 3 aromatic rings. The molecule has 1 N–H and O–H groups in total. The lowest BCUT2D eigenvalue weighted by molar-refractivity contribution is 0.0593. The summed E-state index contributed by atoms with van der Waals surface area (Å²) in [5, 5.41) is 4.71. The first-order valence-corrected chi connectivity index (χ1v) is 11.9. The van der Waals surface area contributed by atoms with Crippen molar-refractivity contribution in [1.29, 1.82) is 0 Å². The molecule has 0 bridgehead atoms. The zero-order valence-electron chi connectivity index (χ0n) is 18.8. The predicted molar refractivity (Wildman–Crippen MR) is 127 cm³/mol. The number of rotatable bonds is 6. The van der Waals surface area contributed by atoms with Gasteiger partial charge in [-0.2, -0.15) is 0 Å². The van der Waals surface area contributed by atoms with E-state index >= 15 is 0 Å². The number of halogens is 1. The second-order valence-corrected chi connectivity index (χ2v) is 9.20. The number of fused-ring (bicyclic) bond motifs is 2. The summed E-state index contributed by atoms with van der Waals surface area (Å²) in [6.45, 7) is 4.31. The molecule has 2 aromatic carbocycles. The lowest BCUT2D eigenvalue weighted by Crippen LogP contribution is -2.50. The number of ether oxygens (including phenoxy) is 1. The van der Waals surface area contributed by atoms with Crippen molar-refractivity contribution in [3.05, 3.63) is 59.9 Å². The summed E-state index contributed by atoms with van der Waals surface area (Å²) in [6.07, 6.45) is 6.67. The average molecular weight is 434 g/mol. The molecule has 0 saturated carbocycles. The van der Waals surface area contributed by atoms with Crippen LogP contribution in [0, 0.1) is 11.7 Å². The third-order valence-corrected chi connectivity index (χ3v) is 7.15. The van der Waals surface area contributed by atoms with Crippen molar-refractivity contribution in [2.75, 3.05) is 26.7 Å². The van der Waals surface area contributed by atoms with E-state index in [1.165, 1.54) is 57.3 Å². The van der Waals surface area contributed by atoms with Gasteiger partial charge in [0.25, 0.3) is 0 Å². The number of piperidine rings is 2. The Hall–Kier alpha value is -2.50. The molecule has 0 radical (unpaired) electrons. The van der Waals surface area contributed by atoms with E-state index in [0.717, 1.165) is 47.1 Å². The van der Waals surface area contributed by atoms with Crippen molar-refractivity contribution in [2.24, 2.45) is 5.92 Å². The summed E-state index contributed by atoms with van der Waals surface area (Å²) in [6, 6.07) is 15.7. The van der Waals surface area contributed by atoms with Crippen LogP contribution in [0.25, 0.3) is 22.2 Å². The Balaban J connectivity index is 1.40. The standard InChI is InChI=1S/C27H32FN3O/c1-32-24-8-4-6-20(15-24)27-22(14-19-10-11-23(28)16-25(19)30-27)18-29-17-21-7-5-13-31-12-3-2-9-26(21)31/h4,6,8,10-11,14-16,21,26,29H,2-3,5,7,9,12-13,17-18H2,1H3/t21-,26+/m0/s1. The first kappa shape index (κ1) is 21.4. The van der Waals surface area contributed by atoms with Gasteiger partial charge in [-0.15, -0.1) is 0 Å². The van der Waals surface area contributed by atoms with Gasteiger partial charge in [-0.25, -0.2) is 9.37 Å². The van der Waals surface area contributed by atoms with Gasteiger partial charge in [0, 0.05) is 29.6 Å². The summed E-state index contributed by atoms with van der Waals surface area (Å²) >= 11 is 0. The summed E-state index contributed by atoms with van der Waals surface area (Å²) in [5.74, 6) is 1.25. The molecule has 5 rings (SSSR count). The number of methoxy groups -OCH3 is 1. The largest absolute Gasteiger partial charge is 0.497 e. The Morgan fingerprint density at radius 3 is 2.88 bits per heavy atom. The molecule has 0 aliphatic carbocycles. The van der Waals surface area contributed by atoms with Crippen molar-refractivity contribution in [3.8, 4) is 17.0 Å². The number of nitrogens with one attached hydrogen (secondary N) is 1. The fourth-order valence-corrected chi connectivity index (χ4v) is 5.55. The Kier molecular flexibility index (Phi) is 6.37. The summed E-state index contributed by atoms with van der Waals surface area (Å²) < 4.78 is 19.3. The van der Waals surface area contributed by atoms with Crippen LogP contribution < -0.4 is 10.1 Å². The highest BCUT2D eigenvalue weighted by Crippen LogP contribution is 2.31. The summed E-state index contributed by atoms with van der Waals surface area (Å²) in [7, 11) is 1.67. The second-order valence-electron chi connectivity index (χ2n) is 9.20. The van der Waals surface area contributed by atoms with Crippen LogP contribution in [0.15, 0.2) is 48.5 Å². The Morgan fingerprint density at radius 2 is 1.97 bits per heavy atom. The third kappa shape index (κ3) is 4.50. The molecule has 2 aliphatic rings. The van der Waals surface area contributed by atoms with Crippen LogP contribution in [0.5, 0.6) is 5.75 Å².